The molecule has 10 nitrogen and oxygen atoms in total. The molecular formula is C32H35N5O5S2. The van der Waals surface area contributed by atoms with E-state index >= 15 is 0 Å². The van der Waals surface area contributed by atoms with Crippen LogP contribution in [0, 0.1) is 0 Å². The van der Waals surface area contributed by atoms with Gasteiger partial charge in [-0.1, -0.05) is 36.0 Å². The van der Waals surface area contributed by atoms with Gasteiger partial charge in [0.05, 0.1) is 30.8 Å². The third kappa shape index (κ3) is 7.68. The minimum absolute atomic E-state index is 0.165. The second-order valence-electron chi connectivity index (χ2n) is 11.1. The molecule has 0 spiro atoms. The number of nitrogens with one attached hydrogen (secondary N) is 2. The zero-order valence-corrected chi connectivity index (χ0v) is 25.9. The summed E-state index contributed by atoms with van der Waals surface area (Å²) in [4.78, 5) is 34.8. The van der Waals surface area contributed by atoms with Crippen LogP contribution in [-0.2, 0) is 25.9 Å². The number of thioether (sulfide) groups is 1. The first-order valence-corrected chi connectivity index (χ1v) is 17.5. The van der Waals surface area contributed by atoms with E-state index in [4.69, 9.17) is 4.74 Å². The highest BCUT2D eigenvalue weighted by Crippen LogP contribution is 2.31. The standard InChI is InChI=1S/C32H35N5O5S2/c38-30(33-27-9-11-28(12-10-27)37-13-17-42-18-14-37)25-5-3-24(4-6-25)29-22-43-32(35-29)31(39)34-26-7-1-23(2-8-26)21-36-15-19-44(40,41)20-16-36/h1-12,29H,13-22H2,(H,33,38)(H,34,39). The molecule has 0 aliphatic carbocycles. The first-order valence-electron chi connectivity index (χ1n) is 14.7. The van der Waals surface area contributed by atoms with Gasteiger partial charge in [-0.15, -0.1) is 0 Å². The zero-order valence-electron chi connectivity index (χ0n) is 24.3. The minimum atomic E-state index is -2.90. The number of amides is 2. The summed E-state index contributed by atoms with van der Waals surface area (Å²) in [6.07, 6.45) is 0. The van der Waals surface area contributed by atoms with Gasteiger partial charge in [0.1, 0.15) is 0 Å². The molecule has 3 aliphatic rings. The lowest BCUT2D eigenvalue weighted by Gasteiger charge is -2.28. The monoisotopic (exact) mass is 633 g/mol. The average Bonchev–Trinajstić information content (AvgIpc) is 3.55. The van der Waals surface area contributed by atoms with Crippen LogP contribution >= 0.6 is 11.8 Å². The van der Waals surface area contributed by atoms with Crippen LogP contribution in [0.1, 0.15) is 27.5 Å². The summed E-state index contributed by atoms with van der Waals surface area (Å²) < 4.78 is 28.7. The van der Waals surface area contributed by atoms with Crippen LogP contribution in [0.15, 0.2) is 77.8 Å². The Kier molecular flexibility index (Phi) is 9.31. The molecule has 3 aromatic rings. The summed E-state index contributed by atoms with van der Waals surface area (Å²) in [6.45, 7) is 4.93. The maximum Gasteiger partial charge on any atom is 0.280 e. The Morgan fingerprint density at radius 3 is 2.09 bits per heavy atom. The predicted octanol–water partition coefficient (Wildman–Crippen LogP) is 3.83. The number of sulfone groups is 1. The molecule has 2 N–H and O–H groups in total. The molecule has 0 saturated carbocycles. The summed E-state index contributed by atoms with van der Waals surface area (Å²) in [5.41, 5.74) is 5.08. The topological polar surface area (TPSA) is 120 Å². The molecule has 44 heavy (non-hydrogen) atoms. The Morgan fingerprint density at radius 1 is 0.818 bits per heavy atom. The van der Waals surface area contributed by atoms with E-state index in [0.29, 0.717) is 41.7 Å². The van der Waals surface area contributed by atoms with Gasteiger partial charge in [-0.3, -0.25) is 19.5 Å². The summed E-state index contributed by atoms with van der Waals surface area (Å²) in [6, 6.07) is 22.6. The molecule has 230 valence electrons. The molecule has 12 heteroatoms. The fourth-order valence-electron chi connectivity index (χ4n) is 5.35. The number of nitrogens with zero attached hydrogens (tertiary/aromatic N) is 3. The van der Waals surface area contributed by atoms with Gasteiger partial charge in [-0.2, -0.15) is 0 Å². The van der Waals surface area contributed by atoms with Crippen LogP contribution in [0.4, 0.5) is 17.1 Å². The van der Waals surface area contributed by atoms with Crippen molar-refractivity contribution in [1.82, 2.24) is 4.90 Å². The number of benzene rings is 3. The fourth-order valence-corrected chi connectivity index (χ4v) is 7.59. The summed E-state index contributed by atoms with van der Waals surface area (Å²) in [5, 5.41) is 6.31. The van der Waals surface area contributed by atoms with E-state index in [1.807, 2.05) is 60.7 Å². The first kappa shape index (κ1) is 30.3. The number of carbonyl (C=O) groups excluding carboxylic acids is 2. The molecule has 6 rings (SSSR count). The first-order chi connectivity index (χ1) is 21.3. The molecule has 0 radical (unpaired) electrons. The van der Waals surface area contributed by atoms with Gasteiger partial charge < -0.3 is 20.3 Å². The summed E-state index contributed by atoms with van der Waals surface area (Å²) in [7, 11) is -2.90. The number of hydrogen-bond donors (Lipinski definition) is 2. The van der Waals surface area contributed by atoms with Crippen molar-refractivity contribution in [1.29, 1.82) is 0 Å². The Labute approximate surface area is 261 Å². The highest BCUT2D eigenvalue weighted by atomic mass is 32.2. The Bertz CT molecular complexity index is 1610. The number of rotatable bonds is 8. The molecule has 2 amide bonds. The van der Waals surface area contributed by atoms with Crippen molar-refractivity contribution in [3.8, 4) is 0 Å². The van der Waals surface area contributed by atoms with E-state index in [1.165, 1.54) is 11.8 Å². The number of anilines is 3. The maximum absolute atomic E-state index is 12.9. The fraction of sp³-hybridized carbons (Fsp3) is 0.344. The van der Waals surface area contributed by atoms with Crippen molar-refractivity contribution < 1.29 is 22.7 Å². The van der Waals surface area contributed by atoms with Crippen molar-refractivity contribution >= 4 is 55.5 Å². The van der Waals surface area contributed by atoms with Crippen molar-refractivity contribution in [3.63, 3.8) is 0 Å². The van der Waals surface area contributed by atoms with E-state index < -0.39 is 9.84 Å². The molecule has 0 aromatic heterocycles. The van der Waals surface area contributed by atoms with E-state index in [-0.39, 0.29) is 29.4 Å². The highest BCUT2D eigenvalue weighted by Gasteiger charge is 2.25. The Balaban J connectivity index is 0.993. The molecule has 1 unspecified atom stereocenters. The van der Waals surface area contributed by atoms with Crippen molar-refractivity contribution in [2.75, 3.05) is 72.2 Å². The normalized spacial score (nSPS) is 20.1. The number of morpholine rings is 1. The van der Waals surface area contributed by atoms with Crippen LogP contribution in [0.5, 0.6) is 0 Å². The van der Waals surface area contributed by atoms with Crippen LogP contribution in [0.25, 0.3) is 0 Å². The van der Waals surface area contributed by atoms with E-state index in [2.05, 4.69) is 25.4 Å². The predicted molar refractivity (Wildman–Crippen MR) is 176 cm³/mol. The Morgan fingerprint density at radius 2 is 1.43 bits per heavy atom. The molecule has 3 aromatic carbocycles. The minimum Gasteiger partial charge on any atom is -0.378 e. The van der Waals surface area contributed by atoms with Crippen LogP contribution in [0.3, 0.4) is 0 Å². The summed E-state index contributed by atoms with van der Waals surface area (Å²) in [5.74, 6) is 0.616. The number of carbonyl (C=O) groups is 2. The van der Waals surface area contributed by atoms with Crippen molar-refractivity contribution in [2.24, 2.45) is 4.99 Å². The third-order valence-corrected chi connectivity index (χ3v) is 10.6. The second kappa shape index (κ2) is 13.5. The summed E-state index contributed by atoms with van der Waals surface area (Å²) >= 11 is 1.42. The van der Waals surface area contributed by atoms with Crippen molar-refractivity contribution in [3.05, 3.63) is 89.5 Å². The van der Waals surface area contributed by atoms with Crippen molar-refractivity contribution in [2.45, 2.75) is 12.6 Å². The highest BCUT2D eigenvalue weighted by molar-refractivity contribution is 8.16. The van der Waals surface area contributed by atoms with Gasteiger partial charge in [0, 0.05) is 61.1 Å². The van der Waals surface area contributed by atoms with Gasteiger partial charge in [-0.05, 0) is 59.7 Å². The van der Waals surface area contributed by atoms with Gasteiger partial charge in [0.15, 0.2) is 14.9 Å². The average molecular weight is 634 g/mol. The third-order valence-electron chi connectivity index (χ3n) is 7.96. The number of aliphatic imine (C=N–C) groups is 1. The SMILES string of the molecule is O=C(Nc1ccc(CN2CCS(=O)(=O)CC2)cc1)C1=NC(c2ccc(C(=O)Nc3ccc(N4CCOCC4)cc3)cc2)CS1. The number of hydrogen-bond acceptors (Lipinski definition) is 9. The van der Waals surface area contributed by atoms with E-state index in [1.54, 1.807) is 12.1 Å². The lowest BCUT2D eigenvalue weighted by atomic mass is 10.1. The Hall–Kier alpha value is -3.71. The van der Waals surface area contributed by atoms with Gasteiger partial charge in [0.25, 0.3) is 11.8 Å². The quantitative estimate of drug-likeness (QED) is 0.384. The van der Waals surface area contributed by atoms with Gasteiger partial charge in [-0.25, -0.2) is 8.42 Å². The maximum atomic E-state index is 12.9. The van der Waals surface area contributed by atoms with Gasteiger partial charge >= 0.3 is 0 Å². The lowest BCUT2D eigenvalue weighted by molar-refractivity contribution is -0.110. The van der Waals surface area contributed by atoms with Crippen LogP contribution in [0.2, 0.25) is 0 Å². The zero-order chi connectivity index (χ0) is 30.5. The van der Waals surface area contributed by atoms with E-state index in [0.717, 1.165) is 48.8 Å². The molecule has 2 saturated heterocycles. The lowest BCUT2D eigenvalue weighted by Crippen LogP contribution is -2.39. The number of ether oxygens (including phenoxy) is 1. The molecule has 0 bridgehead atoms. The molecule has 3 heterocycles. The molecule has 1 atom stereocenters. The molecular weight excluding hydrogens is 599 g/mol. The van der Waals surface area contributed by atoms with Crippen LogP contribution < -0.4 is 15.5 Å². The molecule has 2 fully saturated rings. The smallest absolute Gasteiger partial charge is 0.280 e. The largest absolute Gasteiger partial charge is 0.378 e. The van der Waals surface area contributed by atoms with Gasteiger partial charge in [0.2, 0.25) is 0 Å². The van der Waals surface area contributed by atoms with E-state index in [9.17, 15) is 18.0 Å². The molecule has 3 aliphatic heterocycles. The van der Waals surface area contributed by atoms with Crippen LogP contribution in [-0.4, -0.2) is 86.8 Å². The second-order valence-corrected chi connectivity index (χ2v) is 14.4.